The Labute approximate surface area is 175 Å². The third kappa shape index (κ3) is 5.41. The minimum atomic E-state index is -0.705. The summed E-state index contributed by atoms with van der Waals surface area (Å²) in [6.45, 7) is 1.88. The lowest BCUT2D eigenvalue weighted by Gasteiger charge is -2.26. The lowest BCUT2D eigenvalue weighted by molar-refractivity contribution is -0.132. The summed E-state index contributed by atoms with van der Waals surface area (Å²) in [7, 11) is 1.70. The van der Waals surface area contributed by atoms with Gasteiger partial charge in [-0.3, -0.25) is 4.79 Å². The predicted octanol–water partition coefficient (Wildman–Crippen LogP) is 4.39. The number of furan rings is 1. The van der Waals surface area contributed by atoms with E-state index in [0.717, 1.165) is 5.56 Å². The first-order valence-corrected chi connectivity index (χ1v) is 9.62. The van der Waals surface area contributed by atoms with Gasteiger partial charge < -0.3 is 25.1 Å². The van der Waals surface area contributed by atoms with Gasteiger partial charge in [0.25, 0.3) is 0 Å². The number of nitrogens with zero attached hydrogens (tertiary/aromatic N) is 1. The van der Waals surface area contributed by atoms with Gasteiger partial charge in [0, 0.05) is 7.05 Å². The van der Waals surface area contributed by atoms with Crippen LogP contribution >= 0.6 is 0 Å². The van der Waals surface area contributed by atoms with Gasteiger partial charge in [-0.15, -0.1) is 0 Å². The fraction of sp³-hybridized carbons (Fsp3) is 0.217. The van der Waals surface area contributed by atoms with Gasteiger partial charge in [0.05, 0.1) is 24.8 Å². The molecule has 7 heteroatoms. The number of carbonyl (C=O) groups excluding carboxylic acids is 2. The third-order valence-electron chi connectivity index (χ3n) is 4.86. The number of primary amides is 1. The average molecular weight is 407 g/mol. The molecule has 1 aromatic heterocycles. The number of carbonyl (C=O) groups is 2. The zero-order valence-electron chi connectivity index (χ0n) is 16.9. The second-order valence-electron chi connectivity index (χ2n) is 6.95. The molecule has 0 aliphatic rings. The summed E-state index contributed by atoms with van der Waals surface area (Å²) in [5.74, 6) is 1.81. The van der Waals surface area contributed by atoms with Crippen LogP contribution in [-0.4, -0.2) is 23.9 Å². The molecule has 0 aliphatic heterocycles. The van der Waals surface area contributed by atoms with Crippen LogP contribution in [0.2, 0.25) is 0 Å². The number of para-hydroxylation sites is 1. The van der Waals surface area contributed by atoms with Crippen molar-refractivity contribution in [3.05, 3.63) is 84.3 Å². The number of hydrogen-bond acceptors (Lipinski definition) is 4. The molecule has 0 bridgehead atoms. The first-order chi connectivity index (χ1) is 14.4. The number of nitrogens with two attached hydrogens (primary N) is 1. The van der Waals surface area contributed by atoms with E-state index in [-0.39, 0.29) is 18.4 Å². The van der Waals surface area contributed by atoms with Crippen LogP contribution in [0.1, 0.15) is 36.8 Å². The van der Waals surface area contributed by atoms with Gasteiger partial charge in [-0.05, 0) is 48.9 Å². The molecule has 3 aromatic rings. The van der Waals surface area contributed by atoms with E-state index in [1.54, 1.807) is 30.3 Å². The van der Waals surface area contributed by atoms with E-state index >= 15 is 0 Å². The molecule has 7 nitrogen and oxygen atoms in total. The Hall–Kier alpha value is -3.74. The van der Waals surface area contributed by atoms with E-state index in [2.05, 4.69) is 5.32 Å². The number of amides is 3. The van der Waals surface area contributed by atoms with Gasteiger partial charge in [-0.25, -0.2) is 4.79 Å². The topological polar surface area (TPSA) is 97.8 Å². The number of hydrogen-bond donors (Lipinski definition) is 2. The predicted molar refractivity (Wildman–Crippen MR) is 113 cm³/mol. The quantitative estimate of drug-likeness (QED) is 0.579. The SMILES string of the molecule is CC(c1ccco1)N(C)C(=O)CC(NC(N)=O)c1cccc(Oc2ccccc2)c1. The molecule has 3 N–H and O–H groups in total. The number of benzene rings is 2. The molecule has 3 amide bonds. The van der Waals surface area contributed by atoms with Gasteiger partial charge in [-0.1, -0.05) is 30.3 Å². The van der Waals surface area contributed by atoms with Crippen LogP contribution in [0.15, 0.2) is 77.4 Å². The second kappa shape index (κ2) is 9.65. The lowest BCUT2D eigenvalue weighted by Crippen LogP contribution is -2.37. The number of ether oxygens (including phenoxy) is 1. The molecule has 0 fully saturated rings. The summed E-state index contributed by atoms with van der Waals surface area (Å²) < 4.78 is 11.3. The zero-order chi connectivity index (χ0) is 21.5. The molecule has 0 radical (unpaired) electrons. The Balaban J connectivity index is 1.76. The standard InChI is InChI=1S/C23H25N3O4/c1-16(21-12-7-13-29-21)26(2)22(27)15-20(25-23(24)28)17-8-6-11-19(14-17)30-18-9-4-3-5-10-18/h3-14,16,20H,15H2,1-2H3,(H3,24,25,28). The van der Waals surface area contributed by atoms with Crippen LogP contribution in [0.5, 0.6) is 11.5 Å². The molecule has 2 atom stereocenters. The van der Waals surface area contributed by atoms with Crippen molar-refractivity contribution in [1.82, 2.24) is 10.2 Å². The molecule has 0 spiro atoms. The molecule has 1 heterocycles. The van der Waals surface area contributed by atoms with Crippen LogP contribution in [0, 0.1) is 0 Å². The number of rotatable bonds is 8. The summed E-state index contributed by atoms with van der Waals surface area (Å²) in [4.78, 5) is 26.0. The van der Waals surface area contributed by atoms with Crippen LogP contribution in [-0.2, 0) is 4.79 Å². The molecule has 2 aromatic carbocycles. The molecule has 3 rings (SSSR count). The highest BCUT2D eigenvalue weighted by Gasteiger charge is 2.24. The Morgan fingerprint density at radius 3 is 2.47 bits per heavy atom. The first kappa shape index (κ1) is 21.0. The molecule has 0 saturated heterocycles. The molecular weight excluding hydrogens is 382 g/mol. The van der Waals surface area contributed by atoms with Crippen molar-refractivity contribution in [1.29, 1.82) is 0 Å². The molecule has 0 aliphatic carbocycles. The summed E-state index contributed by atoms with van der Waals surface area (Å²) in [6.07, 6.45) is 1.61. The maximum atomic E-state index is 12.9. The van der Waals surface area contributed by atoms with Crippen LogP contribution in [0.3, 0.4) is 0 Å². The van der Waals surface area contributed by atoms with Crippen molar-refractivity contribution in [2.45, 2.75) is 25.4 Å². The van der Waals surface area contributed by atoms with Crippen molar-refractivity contribution in [3.63, 3.8) is 0 Å². The van der Waals surface area contributed by atoms with Crippen LogP contribution < -0.4 is 15.8 Å². The number of urea groups is 1. The first-order valence-electron chi connectivity index (χ1n) is 9.62. The summed E-state index contributed by atoms with van der Waals surface area (Å²) in [6, 6.07) is 18.6. The Morgan fingerprint density at radius 2 is 1.80 bits per heavy atom. The largest absolute Gasteiger partial charge is 0.467 e. The summed E-state index contributed by atoms with van der Waals surface area (Å²) in [5, 5.41) is 2.66. The van der Waals surface area contributed by atoms with E-state index in [0.29, 0.717) is 17.3 Å². The average Bonchev–Trinajstić information content (AvgIpc) is 3.27. The highest BCUT2D eigenvalue weighted by atomic mass is 16.5. The van der Waals surface area contributed by atoms with Gasteiger partial charge in [0.2, 0.25) is 5.91 Å². The smallest absolute Gasteiger partial charge is 0.312 e. The van der Waals surface area contributed by atoms with Crippen molar-refractivity contribution < 1.29 is 18.7 Å². The maximum Gasteiger partial charge on any atom is 0.312 e. The minimum absolute atomic E-state index is 0.0410. The second-order valence-corrected chi connectivity index (χ2v) is 6.95. The monoisotopic (exact) mass is 407 g/mol. The van der Waals surface area contributed by atoms with Crippen molar-refractivity contribution in [2.75, 3.05) is 7.05 Å². The molecule has 2 unspecified atom stereocenters. The van der Waals surface area contributed by atoms with Crippen LogP contribution in [0.4, 0.5) is 4.79 Å². The van der Waals surface area contributed by atoms with E-state index in [1.807, 2.05) is 61.5 Å². The molecule has 30 heavy (non-hydrogen) atoms. The normalized spacial score (nSPS) is 12.6. The summed E-state index contributed by atoms with van der Waals surface area (Å²) in [5.41, 5.74) is 6.08. The Bertz CT molecular complexity index is 973. The maximum absolute atomic E-state index is 12.9. The highest BCUT2D eigenvalue weighted by Crippen LogP contribution is 2.27. The molecule has 156 valence electrons. The van der Waals surface area contributed by atoms with Gasteiger partial charge in [0.1, 0.15) is 17.3 Å². The Morgan fingerprint density at radius 1 is 1.07 bits per heavy atom. The fourth-order valence-corrected chi connectivity index (χ4v) is 3.10. The van der Waals surface area contributed by atoms with E-state index in [1.165, 1.54) is 0 Å². The fourth-order valence-electron chi connectivity index (χ4n) is 3.10. The van der Waals surface area contributed by atoms with Gasteiger partial charge in [0.15, 0.2) is 0 Å². The van der Waals surface area contributed by atoms with Gasteiger partial charge in [-0.2, -0.15) is 0 Å². The van der Waals surface area contributed by atoms with E-state index in [9.17, 15) is 9.59 Å². The zero-order valence-corrected chi connectivity index (χ0v) is 16.9. The highest BCUT2D eigenvalue weighted by molar-refractivity contribution is 5.79. The Kier molecular flexibility index (Phi) is 6.75. The van der Waals surface area contributed by atoms with Gasteiger partial charge >= 0.3 is 6.03 Å². The van der Waals surface area contributed by atoms with Crippen molar-refractivity contribution in [3.8, 4) is 11.5 Å². The van der Waals surface area contributed by atoms with E-state index in [4.69, 9.17) is 14.9 Å². The van der Waals surface area contributed by atoms with Crippen molar-refractivity contribution >= 4 is 11.9 Å². The molecule has 0 saturated carbocycles. The third-order valence-corrected chi connectivity index (χ3v) is 4.86. The summed E-state index contributed by atoms with van der Waals surface area (Å²) >= 11 is 0. The minimum Gasteiger partial charge on any atom is -0.467 e. The van der Waals surface area contributed by atoms with Crippen LogP contribution in [0.25, 0.3) is 0 Å². The number of nitrogens with one attached hydrogen (secondary N) is 1. The van der Waals surface area contributed by atoms with Crippen molar-refractivity contribution in [2.24, 2.45) is 5.73 Å². The van der Waals surface area contributed by atoms with E-state index < -0.39 is 12.1 Å². The molecular formula is C23H25N3O4. The lowest BCUT2D eigenvalue weighted by atomic mass is 10.0.